The first-order chi connectivity index (χ1) is 16.2. The Morgan fingerprint density at radius 2 is 0.971 bits per heavy atom. The van der Waals surface area contributed by atoms with E-state index in [0.29, 0.717) is 0 Å². The molecule has 2 aromatic heterocycles. The van der Waals surface area contributed by atoms with Gasteiger partial charge in [-0.3, -0.25) is 0 Å². The molecule has 0 atom stereocenters. The van der Waals surface area contributed by atoms with Crippen molar-refractivity contribution in [1.82, 2.24) is 9.97 Å². The van der Waals surface area contributed by atoms with Gasteiger partial charge < -0.3 is 19.8 Å². The standard InChI is InChI=1S/2C15H17N2.Pt/c2*1-11-6-5-7-14(12(11)2)15-10-13(17(3)4)8-9-16-15;/h2*5-6,8-10H,1-4H3;/q2*-1;+2. The van der Waals surface area contributed by atoms with Crippen LogP contribution in [0.25, 0.3) is 22.5 Å². The molecule has 2 aromatic carbocycles. The Labute approximate surface area is 225 Å². The van der Waals surface area contributed by atoms with Crippen molar-refractivity contribution in [2.24, 2.45) is 0 Å². The summed E-state index contributed by atoms with van der Waals surface area (Å²) < 4.78 is 0. The Kier molecular flexibility index (Phi) is 10.2. The molecule has 0 N–H and O–H groups in total. The van der Waals surface area contributed by atoms with Crippen molar-refractivity contribution in [1.29, 1.82) is 0 Å². The van der Waals surface area contributed by atoms with Crippen LogP contribution >= 0.6 is 0 Å². The molecule has 0 saturated heterocycles. The minimum Gasteiger partial charge on any atom is -0.378 e. The van der Waals surface area contributed by atoms with Crippen LogP contribution in [-0.4, -0.2) is 38.2 Å². The van der Waals surface area contributed by atoms with Gasteiger partial charge in [-0.1, -0.05) is 39.8 Å². The molecule has 2 heterocycles. The number of pyridine rings is 2. The molecule has 184 valence electrons. The van der Waals surface area contributed by atoms with E-state index in [1.165, 1.54) is 22.3 Å². The zero-order chi connectivity index (χ0) is 24.8. The van der Waals surface area contributed by atoms with Crippen LogP contribution in [0.15, 0.2) is 60.9 Å². The summed E-state index contributed by atoms with van der Waals surface area (Å²) in [5.41, 5.74) is 11.5. The first kappa shape index (κ1) is 28.3. The topological polar surface area (TPSA) is 32.3 Å². The summed E-state index contributed by atoms with van der Waals surface area (Å²) in [6, 6.07) is 22.8. The van der Waals surface area contributed by atoms with E-state index >= 15 is 0 Å². The number of hydrogen-bond acceptors (Lipinski definition) is 4. The molecule has 0 amide bonds. The van der Waals surface area contributed by atoms with Crippen LogP contribution in [-0.2, 0) is 21.1 Å². The SMILES string of the molecule is Cc1cc[c-]c(-c2cc(N(C)C)ccn2)c1C.Cc1cc[c-]c(-c2cc(N(C)C)ccn2)c1C.[Pt+2]. The fourth-order valence-electron chi connectivity index (χ4n) is 3.56. The Hall–Kier alpha value is -2.97. The molecule has 0 aliphatic rings. The van der Waals surface area contributed by atoms with Gasteiger partial charge in [-0.25, -0.2) is 0 Å². The predicted molar refractivity (Wildman–Crippen MR) is 145 cm³/mol. The van der Waals surface area contributed by atoms with Crippen molar-refractivity contribution >= 4 is 11.4 Å². The fraction of sp³-hybridized carbons (Fsp3) is 0.267. The largest absolute Gasteiger partial charge is 2.00 e. The minimum atomic E-state index is 0. The van der Waals surface area contributed by atoms with E-state index in [0.717, 1.165) is 33.9 Å². The first-order valence-corrected chi connectivity index (χ1v) is 11.4. The first-order valence-electron chi connectivity index (χ1n) is 11.4. The maximum Gasteiger partial charge on any atom is 2.00 e. The molecular formula is C30H34N4Pt. The molecule has 4 nitrogen and oxygen atoms in total. The average molecular weight is 646 g/mol. The smallest absolute Gasteiger partial charge is 0.378 e. The molecule has 0 aliphatic heterocycles. The summed E-state index contributed by atoms with van der Waals surface area (Å²) in [5.74, 6) is 0. The normalized spacial score (nSPS) is 10.1. The van der Waals surface area contributed by atoms with E-state index in [2.05, 4.69) is 83.9 Å². The zero-order valence-corrected chi connectivity index (χ0v) is 24.2. The van der Waals surface area contributed by atoms with Gasteiger partial charge in [0, 0.05) is 52.0 Å². The predicted octanol–water partition coefficient (Wildman–Crippen LogP) is 6.46. The van der Waals surface area contributed by atoms with Crippen molar-refractivity contribution in [3.05, 3.63) is 95.3 Å². The fourth-order valence-corrected chi connectivity index (χ4v) is 3.56. The van der Waals surface area contributed by atoms with E-state index in [-0.39, 0.29) is 21.1 Å². The van der Waals surface area contributed by atoms with Gasteiger partial charge in [0.25, 0.3) is 0 Å². The van der Waals surface area contributed by atoms with Gasteiger partial charge in [0.15, 0.2) is 0 Å². The summed E-state index contributed by atoms with van der Waals surface area (Å²) in [4.78, 5) is 13.0. The third-order valence-electron chi connectivity index (χ3n) is 6.09. The summed E-state index contributed by atoms with van der Waals surface area (Å²) >= 11 is 0. The molecule has 4 aromatic rings. The Bertz CT molecular complexity index is 1170. The van der Waals surface area contributed by atoms with Gasteiger partial charge in [-0.05, 0) is 23.5 Å². The van der Waals surface area contributed by atoms with Gasteiger partial charge in [0.1, 0.15) is 0 Å². The maximum absolute atomic E-state index is 4.44. The van der Waals surface area contributed by atoms with Gasteiger partial charge >= 0.3 is 21.1 Å². The van der Waals surface area contributed by atoms with Crippen molar-refractivity contribution < 1.29 is 21.1 Å². The summed E-state index contributed by atoms with van der Waals surface area (Å²) in [7, 11) is 8.13. The molecular weight excluding hydrogens is 611 g/mol. The number of aromatic nitrogens is 2. The third kappa shape index (κ3) is 7.02. The minimum absolute atomic E-state index is 0. The molecule has 35 heavy (non-hydrogen) atoms. The maximum atomic E-state index is 4.44. The Morgan fingerprint density at radius 1 is 0.600 bits per heavy atom. The van der Waals surface area contributed by atoms with Crippen LogP contribution < -0.4 is 9.80 Å². The van der Waals surface area contributed by atoms with E-state index in [1.807, 2.05) is 64.8 Å². The second-order valence-corrected chi connectivity index (χ2v) is 8.91. The van der Waals surface area contributed by atoms with Crippen molar-refractivity contribution in [3.63, 3.8) is 0 Å². The van der Waals surface area contributed by atoms with Crippen LogP contribution in [0.1, 0.15) is 22.3 Å². The van der Waals surface area contributed by atoms with Gasteiger partial charge in [0.2, 0.25) is 0 Å². The quantitative estimate of drug-likeness (QED) is 0.239. The molecule has 5 heteroatoms. The second-order valence-electron chi connectivity index (χ2n) is 8.91. The van der Waals surface area contributed by atoms with Gasteiger partial charge in [0.05, 0.1) is 0 Å². The molecule has 0 aliphatic carbocycles. The van der Waals surface area contributed by atoms with Crippen LogP contribution in [0.4, 0.5) is 11.4 Å². The number of aryl methyl sites for hydroxylation is 2. The van der Waals surface area contributed by atoms with Crippen molar-refractivity contribution in [2.75, 3.05) is 38.0 Å². The van der Waals surface area contributed by atoms with Crippen LogP contribution in [0.5, 0.6) is 0 Å². The van der Waals surface area contributed by atoms with Gasteiger partial charge in [-0.2, -0.15) is 0 Å². The summed E-state index contributed by atoms with van der Waals surface area (Å²) in [6.45, 7) is 8.46. The molecule has 0 saturated carbocycles. The second kappa shape index (κ2) is 12.7. The summed E-state index contributed by atoms with van der Waals surface area (Å²) in [5, 5.41) is 0. The zero-order valence-electron chi connectivity index (χ0n) is 21.9. The van der Waals surface area contributed by atoms with Crippen LogP contribution in [0.3, 0.4) is 0 Å². The van der Waals surface area contributed by atoms with Crippen molar-refractivity contribution in [2.45, 2.75) is 27.7 Å². The Morgan fingerprint density at radius 3 is 1.31 bits per heavy atom. The van der Waals surface area contributed by atoms with E-state index in [4.69, 9.17) is 0 Å². The van der Waals surface area contributed by atoms with Crippen LogP contribution in [0.2, 0.25) is 0 Å². The molecule has 0 bridgehead atoms. The van der Waals surface area contributed by atoms with E-state index in [9.17, 15) is 0 Å². The number of hydrogen-bond donors (Lipinski definition) is 0. The molecule has 0 radical (unpaired) electrons. The number of rotatable bonds is 4. The molecule has 0 fully saturated rings. The Balaban J connectivity index is 0.000000240. The molecule has 0 spiro atoms. The van der Waals surface area contributed by atoms with E-state index < -0.39 is 0 Å². The summed E-state index contributed by atoms with van der Waals surface area (Å²) in [6.07, 6.45) is 3.70. The molecule has 4 rings (SSSR count). The van der Waals surface area contributed by atoms with Gasteiger partial charge in [-0.15, -0.1) is 69.8 Å². The van der Waals surface area contributed by atoms with E-state index in [1.54, 1.807) is 0 Å². The number of benzene rings is 2. The number of anilines is 2. The van der Waals surface area contributed by atoms with Crippen molar-refractivity contribution in [3.8, 4) is 22.5 Å². The van der Waals surface area contributed by atoms with Crippen LogP contribution in [0, 0.1) is 39.8 Å². The number of nitrogens with zero attached hydrogens (tertiary/aromatic N) is 4. The average Bonchev–Trinajstić information content (AvgIpc) is 2.83. The molecule has 0 unspecified atom stereocenters. The monoisotopic (exact) mass is 645 g/mol. The third-order valence-corrected chi connectivity index (χ3v) is 6.09.